The van der Waals surface area contributed by atoms with Gasteiger partial charge in [0.05, 0.1) is 17.3 Å². The van der Waals surface area contributed by atoms with Gasteiger partial charge >= 0.3 is 0 Å². The fourth-order valence-corrected chi connectivity index (χ4v) is 3.50. The Kier molecular flexibility index (Phi) is 4.16. The van der Waals surface area contributed by atoms with Crippen LogP contribution < -0.4 is 10.2 Å². The van der Waals surface area contributed by atoms with Gasteiger partial charge in [0.2, 0.25) is 5.91 Å². The Morgan fingerprint density at radius 2 is 1.72 bits per heavy atom. The van der Waals surface area contributed by atoms with E-state index in [1.54, 1.807) is 27.9 Å². The summed E-state index contributed by atoms with van der Waals surface area (Å²) in [6, 6.07) is 13.7. The van der Waals surface area contributed by atoms with E-state index < -0.39 is 0 Å². The van der Waals surface area contributed by atoms with Crippen LogP contribution in [0.3, 0.4) is 0 Å². The molecule has 1 saturated heterocycles. The minimum atomic E-state index is -0.304. The number of halogens is 1. The van der Waals surface area contributed by atoms with E-state index in [2.05, 4.69) is 20.4 Å². The summed E-state index contributed by atoms with van der Waals surface area (Å²) < 4.78 is 14.9. The number of hydrogen-bond acceptors (Lipinski definition) is 5. The molecule has 2 aromatic heterocycles. The Morgan fingerprint density at radius 1 is 0.966 bits per heavy atom. The lowest BCUT2D eigenvalue weighted by Gasteiger charge is -2.16. The van der Waals surface area contributed by atoms with Crippen molar-refractivity contribution in [3.8, 4) is 5.69 Å². The van der Waals surface area contributed by atoms with Crippen molar-refractivity contribution < 1.29 is 9.18 Å². The highest BCUT2D eigenvalue weighted by Gasteiger charge is 2.21. The van der Waals surface area contributed by atoms with E-state index in [-0.39, 0.29) is 11.7 Å². The predicted molar refractivity (Wildman–Crippen MR) is 108 cm³/mol. The standard InChI is InChI=1S/C21H17FN6O/c22-14-3-7-17(8-4-14)28-21-18(12-25-28)20(23-13-24-21)26-15-5-9-16(10-6-15)27-11-1-2-19(27)29/h3-10,12-13H,1-2,11H2,(H,23,24,26). The number of carbonyl (C=O) groups excluding carboxylic acids is 1. The van der Waals surface area contributed by atoms with Crippen LogP contribution >= 0.6 is 0 Å². The van der Waals surface area contributed by atoms with Gasteiger partial charge in [0.15, 0.2) is 5.65 Å². The molecule has 0 bridgehead atoms. The lowest BCUT2D eigenvalue weighted by atomic mass is 10.2. The third-order valence-electron chi connectivity index (χ3n) is 4.95. The van der Waals surface area contributed by atoms with Crippen molar-refractivity contribution in [2.75, 3.05) is 16.8 Å². The number of aromatic nitrogens is 4. The Labute approximate surface area is 165 Å². The molecule has 144 valence electrons. The van der Waals surface area contributed by atoms with Gasteiger partial charge in [-0.3, -0.25) is 4.79 Å². The van der Waals surface area contributed by atoms with Gasteiger partial charge in [-0.25, -0.2) is 19.0 Å². The highest BCUT2D eigenvalue weighted by Crippen LogP contribution is 2.27. The van der Waals surface area contributed by atoms with Crippen LogP contribution in [-0.4, -0.2) is 32.2 Å². The Hall–Kier alpha value is -3.81. The van der Waals surface area contributed by atoms with Crippen molar-refractivity contribution in [2.45, 2.75) is 12.8 Å². The quantitative estimate of drug-likeness (QED) is 0.575. The fourth-order valence-electron chi connectivity index (χ4n) is 3.50. The summed E-state index contributed by atoms with van der Waals surface area (Å²) in [6.07, 6.45) is 4.65. The van der Waals surface area contributed by atoms with Crippen LogP contribution in [0.4, 0.5) is 21.6 Å². The maximum Gasteiger partial charge on any atom is 0.227 e. The molecular formula is C21H17FN6O. The summed E-state index contributed by atoms with van der Waals surface area (Å²) in [5.74, 6) is 0.478. The highest BCUT2D eigenvalue weighted by atomic mass is 19.1. The molecule has 7 nitrogen and oxygen atoms in total. The smallest absolute Gasteiger partial charge is 0.227 e. The second kappa shape index (κ2) is 6.97. The number of hydrogen-bond donors (Lipinski definition) is 1. The summed E-state index contributed by atoms with van der Waals surface area (Å²) in [5.41, 5.74) is 3.07. The van der Waals surface area contributed by atoms with Crippen molar-refractivity contribution in [3.05, 3.63) is 66.9 Å². The molecule has 0 aliphatic carbocycles. The first-order valence-corrected chi connectivity index (χ1v) is 9.31. The molecule has 1 aliphatic rings. The van der Waals surface area contributed by atoms with Crippen LogP contribution in [0.2, 0.25) is 0 Å². The summed E-state index contributed by atoms with van der Waals surface area (Å²) >= 11 is 0. The van der Waals surface area contributed by atoms with Crippen LogP contribution in [-0.2, 0) is 4.79 Å². The van der Waals surface area contributed by atoms with E-state index in [0.717, 1.165) is 29.7 Å². The van der Waals surface area contributed by atoms with Crippen LogP contribution in [0.5, 0.6) is 0 Å². The van der Waals surface area contributed by atoms with Crippen molar-refractivity contribution in [1.29, 1.82) is 0 Å². The van der Waals surface area contributed by atoms with Gasteiger partial charge in [-0.2, -0.15) is 5.10 Å². The van der Waals surface area contributed by atoms with Gasteiger partial charge < -0.3 is 10.2 Å². The summed E-state index contributed by atoms with van der Waals surface area (Å²) in [7, 11) is 0. The molecule has 3 heterocycles. The second-order valence-corrected chi connectivity index (χ2v) is 6.81. The highest BCUT2D eigenvalue weighted by molar-refractivity contribution is 5.95. The molecule has 1 N–H and O–H groups in total. The van der Waals surface area contributed by atoms with Gasteiger partial charge in [0, 0.05) is 24.3 Å². The molecule has 0 spiro atoms. The molecule has 1 fully saturated rings. The van der Waals surface area contributed by atoms with Gasteiger partial charge in [-0.1, -0.05) is 0 Å². The molecule has 0 atom stereocenters. The third-order valence-corrected chi connectivity index (χ3v) is 4.95. The summed E-state index contributed by atoms with van der Waals surface area (Å²) in [6.45, 7) is 0.765. The SMILES string of the molecule is O=C1CCCN1c1ccc(Nc2ncnc3c2cnn3-c2ccc(F)cc2)cc1. The third kappa shape index (κ3) is 3.18. The van der Waals surface area contributed by atoms with Gasteiger partial charge in [0.25, 0.3) is 0 Å². The zero-order valence-corrected chi connectivity index (χ0v) is 15.4. The molecule has 1 aliphatic heterocycles. The van der Waals surface area contributed by atoms with Crippen LogP contribution in [0, 0.1) is 5.82 Å². The number of nitrogens with one attached hydrogen (secondary N) is 1. The molecule has 29 heavy (non-hydrogen) atoms. The Morgan fingerprint density at radius 3 is 2.45 bits per heavy atom. The molecule has 5 rings (SSSR count). The monoisotopic (exact) mass is 388 g/mol. The number of benzene rings is 2. The van der Waals surface area contributed by atoms with Crippen LogP contribution in [0.25, 0.3) is 16.7 Å². The molecule has 0 unspecified atom stereocenters. The number of carbonyl (C=O) groups is 1. The lowest BCUT2D eigenvalue weighted by molar-refractivity contribution is -0.117. The van der Waals surface area contributed by atoms with E-state index >= 15 is 0 Å². The van der Waals surface area contributed by atoms with Crippen molar-refractivity contribution >= 4 is 34.1 Å². The molecule has 4 aromatic rings. The van der Waals surface area contributed by atoms with Crippen molar-refractivity contribution in [2.24, 2.45) is 0 Å². The summed E-state index contributed by atoms with van der Waals surface area (Å²) in [5, 5.41) is 8.41. The van der Waals surface area contributed by atoms with E-state index in [1.807, 2.05) is 24.3 Å². The molecule has 2 aromatic carbocycles. The molecule has 8 heteroatoms. The first-order valence-electron chi connectivity index (χ1n) is 9.31. The Balaban J connectivity index is 1.43. The average Bonchev–Trinajstić information content (AvgIpc) is 3.36. The van der Waals surface area contributed by atoms with E-state index in [1.165, 1.54) is 18.5 Å². The topological polar surface area (TPSA) is 75.9 Å². The molecule has 0 saturated carbocycles. The van der Waals surface area contributed by atoms with E-state index in [4.69, 9.17) is 0 Å². The fraction of sp³-hybridized carbons (Fsp3) is 0.143. The minimum absolute atomic E-state index is 0.163. The number of amides is 1. The molecule has 0 radical (unpaired) electrons. The van der Waals surface area contributed by atoms with E-state index in [9.17, 15) is 9.18 Å². The molecule has 1 amide bonds. The average molecular weight is 388 g/mol. The predicted octanol–water partition coefficient (Wildman–Crippen LogP) is 3.83. The number of fused-ring (bicyclic) bond motifs is 1. The van der Waals surface area contributed by atoms with Crippen molar-refractivity contribution in [1.82, 2.24) is 19.7 Å². The van der Waals surface area contributed by atoms with Crippen LogP contribution in [0.15, 0.2) is 61.1 Å². The number of rotatable bonds is 4. The molecular weight excluding hydrogens is 371 g/mol. The van der Waals surface area contributed by atoms with E-state index in [0.29, 0.717) is 23.6 Å². The lowest BCUT2D eigenvalue weighted by Crippen LogP contribution is -2.23. The first-order chi connectivity index (χ1) is 14.2. The maximum atomic E-state index is 13.2. The maximum absolute atomic E-state index is 13.2. The van der Waals surface area contributed by atoms with Gasteiger partial charge in [-0.15, -0.1) is 0 Å². The largest absolute Gasteiger partial charge is 0.340 e. The van der Waals surface area contributed by atoms with Gasteiger partial charge in [-0.05, 0) is 55.0 Å². The van der Waals surface area contributed by atoms with Gasteiger partial charge in [0.1, 0.15) is 18.0 Å². The first kappa shape index (κ1) is 17.3. The van der Waals surface area contributed by atoms with Crippen LogP contribution in [0.1, 0.15) is 12.8 Å². The number of nitrogens with zero attached hydrogens (tertiary/aromatic N) is 5. The summed E-state index contributed by atoms with van der Waals surface area (Å²) in [4.78, 5) is 22.4. The van der Waals surface area contributed by atoms with Crippen molar-refractivity contribution in [3.63, 3.8) is 0 Å². The Bertz CT molecular complexity index is 1190. The second-order valence-electron chi connectivity index (χ2n) is 6.81. The number of anilines is 3. The minimum Gasteiger partial charge on any atom is -0.340 e. The zero-order valence-electron chi connectivity index (χ0n) is 15.4. The zero-order chi connectivity index (χ0) is 19.8. The normalized spacial score (nSPS) is 14.0.